The second-order valence-electron chi connectivity index (χ2n) is 4.38. The number of likely N-dealkylation sites (N-methyl/N-ethyl adjacent to an activating group) is 1. The molecule has 2 aromatic rings. The quantitative estimate of drug-likeness (QED) is 0.851. The summed E-state index contributed by atoms with van der Waals surface area (Å²) in [5.74, 6) is 0. The van der Waals surface area contributed by atoms with Crippen molar-refractivity contribution in [1.29, 1.82) is 0 Å². The van der Waals surface area contributed by atoms with Crippen molar-refractivity contribution in [2.75, 3.05) is 23.8 Å². The first kappa shape index (κ1) is 10.1. The third-order valence-electron chi connectivity index (χ3n) is 3.16. The number of nitrogens with one attached hydrogen (secondary N) is 1. The van der Waals surface area contributed by atoms with Gasteiger partial charge >= 0.3 is 0 Å². The van der Waals surface area contributed by atoms with Gasteiger partial charge in [-0.2, -0.15) is 0 Å². The number of nitrogens with zero attached hydrogens (tertiary/aromatic N) is 2. The van der Waals surface area contributed by atoms with Gasteiger partial charge in [0.1, 0.15) is 0 Å². The van der Waals surface area contributed by atoms with E-state index >= 15 is 0 Å². The summed E-state index contributed by atoms with van der Waals surface area (Å²) in [4.78, 5) is 6.39. The predicted molar refractivity (Wildman–Crippen MR) is 70.9 cm³/mol. The molecule has 1 aliphatic heterocycles. The number of pyridine rings is 1. The van der Waals surface area contributed by atoms with Gasteiger partial charge in [0.2, 0.25) is 0 Å². The summed E-state index contributed by atoms with van der Waals surface area (Å²) in [7, 11) is 2.14. The lowest BCUT2D eigenvalue weighted by molar-refractivity contribution is 0.956. The Morgan fingerprint density at radius 3 is 3.00 bits per heavy atom. The Morgan fingerprint density at radius 1 is 1.24 bits per heavy atom. The molecule has 0 unspecified atom stereocenters. The van der Waals surface area contributed by atoms with Crippen LogP contribution in [0.3, 0.4) is 0 Å². The Labute approximate surface area is 101 Å². The SMILES string of the molecule is CN1CCc2cc(Nc3cccnc3)ccc21. The molecule has 0 radical (unpaired) electrons. The van der Waals surface area contributed by atoms with Crippen LogP contribution in [0.15, 0.2) is 42.7 Å². The van der Waals surface area contributed by atoms with Crippen LogP contribution in [0.5, 0.6) is 0 Å². The molecule has 2 heterocycles. The third kappa shape index (κ3) is 1.96. The van der Waals surface area contributed by atoms with E-state index in [0.29, 0.717) is 0 Å². The highest BCUT2D eigenvalue weighted by Gasteiger charge is 2.15. The maximum absolute atomic E-state index is 4.09. The van der Waals surface area contributed by atoms with E-state index in [1.807, 2.05) is 18.3 Å². The lowest BCUT2D eigenvalue weighted by Crippen LogP contribution is -2.12. The Bertz CT molecular complexity index is 522. The van der Waals surface area contributed by atoms with E-state index in [2.05, 4.69) is 40.4 Å². The predicted octanol–water partition coefficient (Wildman–Crippen LogP) is 2.82. The second kappa shape index (κ2) is 4.09. The summed E-state index contributed by atoms with van der Waals surface area (Å²) >= 11 is 0. The highest BCUT2D eigenvalue weighted by atomic mass is 15.1. The molecule has 1 aliphatic rings. The molecule has 3 nitrogen and oxygen atoms in total. The van der Waals surface area contributed by atoms with Gasteiger partial charge in [-0.25, -0.2) is 0 Å². The van der Waals surface area contributed by atoms with Crippen LogP contribution in [0.2, 0.25) is 0 Å². The molecule has 0 atom stereocenters. The maximum Gasteiger partial charge on any atom is 0.0570 e. The number of aromatic nitrogens is 1. The molecule has 0 spiro atoms. The van der Waals surface area contributed by atoms with Crippen LogP contribution in [0.25, 0.3) is 0 Å². The van der Waals surface area contributed by atoms with Crippen LogP contribution in [0.4, 0.5) is 17.1 Å². The van der Waals surface area contributed by atoms with Crippen LogP contribution >= 0.6 is 0 Å². The smallest absolute Gasteiger partial charge is 0.0570 e. The van der Waals surface area contributed by atoms with Gasteiger partial charge in [0.25, 0.3) is 0 Å². The van der Waals surface area contributed by atoms with E-state index in [9.17, 15) is 0 Å². The van der Waals surface area contributed by atoms with Crippen LogP contribution in [-0.2, 0) is 6.42 Å². The van der Waals surface area contributed by atoms with Gasteiger partial charge in [-0.3, -0.25) is 4.98 Å². The summed E-state index contributed by atoms with van der Waals surface area (Å²) in [6, 6.07) is 10.5. The lowest BCUT2D eigenvalue weighted by atomic mass is 10.1. The molecule has 0 bridgehead atoms. The zero-order chi connectivity index (χ0) is 11.7. The summed E-state index contributed by atoms with van der Waals surface area (Å²) in [5.41, 5.74) is 4.92. The van der Waals surface area contributed by atoms with Crippen LogP contribution < -0.4 is 10.2 Å². The summed E-state index contributed by atoms with van der Waals surface area (Å²) in [5, 5.41) is 3.37. The number of anilines is 3. The van der Waals surface area contributed by atoms with E-state index in [1.54, 1.807) is 6.20 Å². The Kier molecular flexibility index (Phi) is 2.44. The highest BCUT2D eigenvalue weighted by Crippen LogP contribution is 2.30. The highest BCUT2D eigenvalue weighted by molar-refractivity contribution is 5.67. The molecule has 0 amide bonds. The van der Waals surface area contributed by atoms with Gasteiger partial charge in [-0.1, -0.05) is 0 Å². The molecule has 3 rings (SSSR count). The topological polar surface area (TPSA) is 28.2 Å². The van der Waals surface area contributed by atoms with Crippen molar-refractivity contribution in [3.8, 4) is 0 Å². The van der Waals surface area contributed by atoms with Crippen LogP contribution in [0.1, 0.15) is 5.56 Å². The largest absolute Gasteiger partial charge is 0.374 e. The average Bonchev–Trinajstić information content (AvgIpc) is 2.72. The van der Waals surface area contributed by atoms with Gasteiger partial charge in [0.15, 0.2) is 0 Å². The molecule has 1 N–H and O–H groups in total. The van der Waals surface area contributed by atoms with Gasteiger partial charge in [-0.05, 0) is 42.3 Å². The van der Waals surface area contributed by atoms with Crippen LogP contribution in [-0.4, -0.2) is 18.6 Å². The van der Waals surface area contributed by atoms with E-state index in [1.165, 1.54) is 11.3 Å². The first-order valence-corrected chi connectivity index (χ1v) is 5.84. The fourth-order valence-electron chi connectivity index (χ4n) is 2.25. The molecule has 3 heteroatoms. The molecule has 0 fully saturated rings. The number of hydrogen-bond acceptors (Lipinski definition) is 3. The molecule has 1 aromatic carbocycles. The van der Waals surface area contributed by atoms with E-state index in [4.69, 9.17) is 0 Å². The van der Waals surface area contributed by atoms with Crippen molar-refractivity contribution < 1.29 is 0 Å². The minimum absolute atomic E-state index is 1.03. The molecule has 0 aliphatic carbocycles. The molecule has 1 aromatic heterocycles. The Morgan fingerprint density at radius 2 is 2.18 bits per heavy atom. The second-order valence-corrected chi connectivity index (χ2v) is 4.38. The normalized spacial score (nSPS) is 13.6. The fourth-order valence-corrected chi connectivity index (χ4v) is 2.25. The Hall–Kier alpha value is -2.03. The van der Waals surface area contributed by atoms with Gasteiger partial charge in [0.05, 0.1) is 11.9 Å². The zero-order valence-corrected chi connectivity index (χ0v) is 9.85. The molecule has 17 heavy (non-hydrogen) atoms. The summed E-state index contributed by atoms with van der Waals surface area (Å²) in [6.07, 6.45) is 4.75. The molecule has 86 valence electrons. The first-order valence-electron chi connectivity index (χ1n) is 5.84. The third-order valence-corrected chi connectivity index (χ3v) is 3.16. The number of fused-ring (bicyclic) bond motifs is 1. The minimum atomic E-state index is 1.03. The van der Waals surface area contributed by atoms with E-state index < -0.39 is 0 Å². The molecular formula is C14H15N3. The number of hydrogen-bond donors (Lipinski definition) is 1. The molecular weight excluding hydrogens is 210 g/mol. The van der Waals surface area contributed by atoms with Crippen molar-refractivity contribution in [3.63, 3.8) is 0 Å². The van der Waals surface area contributed by atoms with Crippen molar-refractivity contribution in [1.82, 2.24) is 4.98 Å². The molecule has 0 saturated heterocycles. The molecule has 0 saturated carbocycles. The minimum Gasteiger partial charge on any atom is -0.374 e. The van der Waals surface area contributed by atoms with E-state index in [-0.39, 0.29) is 0 Å². The van der Waals surface area contributed by atoms with Crippen molar-refractivity contribution >= 4 is 17.1 Å². The zero-order valence-electron chi connectivity index (χ0n) is 9.85. The number of rotatable bonds is 2. The monoisotopic (exact) mass is 225 g/mol. The average molecular weight is 225 g/mol. The fraction of sp³-hybridized carbons (Fsp3) is 0.214. The van der Waals surface area contributed by atoms with Crippen molar-refractivity contribution in [3.05, 3.63) is 48.3 Å². The summed E-state index contributed by atoms with van der Waals surface area (Å²) in [6.45, 7) is 1.12. The standard InChI is InChI=1S/C14H15N3/c1-17-8-6-11-9-12(4-5-14(11)17)16-13-3-2-7-15-10-13/h2-5,7,9-10,16H,6,8H2,1H3. The van der Waals surface area contributed by atoms with Crippen LogP contribution in [0, 0.1) is 0 Å². The first-order chi connectivity index (χ1) is 8.33. The lowest BCUT2D eigenvalue weighted by Gasteiger charge is -2.12. The van der Waals surface area contributed by atoms with E-state index in [0.717, 1.165) is 24.3 Å². The van der Waals surface area contributed by atoms with Crippen molar-refractivity contribution in [2.45, 2.75) is 6.42 Å². The van der Waals surface area contributed by atoms with Crippen molar-refractivity contribution in [2.24, 2.45) is 0 Å². The van der Waals surface area contributed by atoms with Gasteiger partial charge < -0.3 is 10.2 Å². The Balaban J connectivity index is 1.86. The number of benzene rings is 1. The maximum atomic E-state index is 4.09. The van der Waals surface area contributed by atoms with Gasteiger partial charge in [-0.15, -0.1) is 0 Å². The van der Waals surface area contributed by atoms with Gasteiger partial charge in [0, 0.05) is 31.2 Å². The summed E-state index contributed by atoms with van der Waals surface area (Å²) < 4.78 is 0.